The van der Waals surface area contributed by atoms with E-state index >= 15 is 0 Å². The highest BCUT2D eigenvalue weighted by molar-refractivity contribution is 7.13. The summed E-state index contributed by atoms with van der Waals surface area (Å²) in [5.41, 5.74) is 0.460. The van der Waals surface area contributed by atoms with Crippen molar-refractivity contribution in [2.45, 2.75) is 32.2 Å². The molecule has 0 unspecified atom stereocenters. The zero-order valence-corrected chi connectivity index (χ0v) is 18.1. The summed E-state index contributed by atoms with van der Waals surface area (Å²) in [5, 5.41) is 16.4. The molecule has 3 rings (SSSR count). The van der Waals surface area contributed by atoms with Crippen LogP contribution in [0.15, 0.2) is 23.6 Å². The molecule has 0 saturated heterocycles. The third kappa shape index (κ3) is 5.30. The zero-order chi connectivity index (χ0) is 22.5. The number of imide groups is 1. The highest BCUT2D eigenvalue weighted by Gasteiger charge is 2.40. The van der Waals surface area contributed by atoms with E-state index in [-0.39, 0.29) is 29.3 Å². The Morgan fingerprint density at radius 3 is 2.71 bits per heavy atom. The highest BCUT2D eigenvalue weighted by Crippen LogP contribution is 2.30. The van der Waals surface area contributed by atoms with Crippen LogP contribution in [-0.4, -0.2) is 58.1 Å². The first-order valence-electron chi connectivity index (χ1n) is 9.80. The third-order valence-electron chi connectivity index (χ3n) is 4.74. The Morgan fingerprint density at radius 2 is 2.00 bits per heavy atom. The van der Waals surface area contributed by atoms with Crippen LogP contribution in [0.2, 0.25) is 0 Å². The van der Waals surface area contributed by atoms with E-state index in [1.807, 2.05) is 24.4 Å². The van der Waals surface area contributed by atoms with Crippen molar-refractivity contribution in [3.8, 4) is 0 Å². The van der Waals surface area contributed by atoms with Gasteiger partial charge in [-0.2, -0.15) is 0 Å². The van der Waals surface area contributed by atoms with Gasteiger partial charge in [-0.15, -0.1) is 11.3 Å². The predicted molar refractivity (Wildman–Crippen MR) is 115 cm³/mol. The smallest absolute Gasteiger partial charge is 0.282 e. The summed E-state index contributed by atoms with van der Waals surface area (Å²) in [6, 6.07) is 4.05. The van der Waals surface area contributed by atoms with Gasteiger partial charge in [-0.3, -0.25) is 29.4 Å². The number of hydrogen-bond donors (Lipinski definition) is 1. The zero-order valence-electron chi connectivity index (χ0n) is 17.3. The number of nitro benzene ring substituents is 1. The summed E-state index contributed by atoms with van der Waals surface area (Å²) in [4.78, 5) is 54.9. The van der Waals surface area contributed by atoms with Gasteiger partial charge >= 0.3 is 0 Å². The molecule has 3 amide bonds. The fraction of sp³-hybridized carbons (Fsp3) is 0.400. The number of thiazole rings is 1. The topological polar surface area (TPSA) is 126 Å². The lowest BCUT2D eigenvalue weighted by Crippen LogP contribution is -2.30. The van der Waals surface area contributed by atoms with Crippen molar-refractivity contribution in [1.29, 1.82) is 0 Å². The Bertz CT molecular complexity index is 1020. The maximum absolute atomic E-state index is 12.5. The van der Waals surface area contributed by atoms with Crippen LogP contribution in [0.3, 0.4) is 0 Å². The lowest BCUT2D eigenvalue weighted by molar-refractivity contribution is -0.385. The van der Waals surface area contributed by atoms with Crippen LogP contribution >= 0.6 is 11.3 Å². The van der Waals surface area contributed by atoms with Crippen LogP contribution in [0.4, 0.5) is 10.8 Å². The molecule has 10 nitrogen and oxygen atoms in total. The van der Waals surface area contributed by atoms with Crippen LogP contribution in [0.1, 0.15) is 52.1 Å². The highest BCUT2D eigenvalue weighted by atomic mass is 32.1. The molecule has 11 heteroatoms. The average molecular weight is 446 g/mol. The number of nitrogens with zero attached hydrogens (tertiary/aromatic N) is 4. The van der Waals surface area contributed by atoms with E-state index in [0.717, 1.165) is 10.6 Å². The minimum absolute atomic E-state index is 0.0654. The number of unbranched alkanes of at least 4 members (excludes halogenated alkanes) is 2. The van der Waals surface area contributed by atoms with Gasteiger partial charge in [0, 0.05) is 31.0 Å². The minimum Gasteiger partial charge on any atom is -0.304 e. The second-order valence-corrected chi connectivity index (χ2v) is 8.32. The first-order valence-corrected chi connectivity index (χ1v) is 10.7. The maximum Gasteiger partial charge on any atom is 0.282 e. The number of aromatic nitrogens is 1. The molecular weight excluding hydrogens is 422 g/mol. The van der Waals surface area contributed by atoms with Gasteiger partial charge < -0.3 is 10.2 Å². The van der Waals surface area contributed by atoms with Gasteiger partial charge in [0.25, 0.3) is 17.5 Å². The Labute approximate surface area is 183 Å². The van der Waals surface area contributed by atoms with Gasteiger partial charge in [-0.1, -0.05) is 12.5 Å². The van der Waals surface area contributed by atoms with Gasteiger partial charge in [0.15, 0.2) is 5.13 Å². The predicted octanol–water partition coefficient (Wildman–Crippen LogP) is 2.91. The van der Waals surface area contributed by atoms with Crippen molar-refractivity contribution in [1.82, 2.24) is 14.8 Å². The molecule has 0 saturated carbocycles. The fourth-order valence-corrected chi connectivity index (χ4v) is 4.06. The number of anilines is 1. The number of carbonyl (C=O) groups is 3. The molecule has 0 aliphatic carbocycles. The number of rotatable bonds is 10. The molecule has 1 aliphatic heterocycles. The molecular formula is C20H23N5O5S. The standard InChI is InChI=1S/C20H23N5O5S/c1-23(2)11-13-12-31-20(21-13)22-16(26)9-4-3-5-10-24-18(27)14-7-6-8-15(25(29)30)17(14)19(24)28/h6-8,12H,3-5,9-11H2,1-2H3,(H,21,22,26). The van der Waals surface area contributed by atoms with Crippen molar-refractivity contribution in [3.05, 3.63) is 50.5 Å². The Kier molecular flexibility index (Phi) is 7.08. The number of amides is 3. The molecule has 1 N–H and O–H groups in total. The summed E-state index contributed by atoms with van der Waals surface area (Å²) in [7, 11) is 3.89. The Morgan fingerprint density at radius 1 is 1.23 bits per heavy atom. The molecule has 0 fully saturated rings. The molecule has 0 atom stereocenters. The largest absolute Gasteiger partial charge is 0.304 e. The van der Waals surface area contributed by atoms with E-state index < -0.39 is 16.7 Å². The van der Waals surface area contributed by atoms with Crippen molar-refractivity contribution in [2.75, 3.05) is 26.0 Å². The van der Waals surface area contributed by atoms with Gasteiger partial charge in [0.2, 0.25) is 5.91 Å². The SMILES string of the molecule is CN(C)Cc1csc(NC(=O)CCCCCN2C(=O)c3cccc([N+](=O)[O-])c3C2=O)n1. The van der Waals surface area contributed by atoms with Crippen molar-refractivity contribution in [2.24, 2.45) is 0 Å². The van der Waals surface area contributed by atoms with E-state index in [1.165, 1.54) is 29.5 Å². The Balaban J connectivity index is 1.43. The molecule has 1 aliphatic rings. The molecule has 1 aromatic carbocycles. The van der Waals surface area contributed by atoms with Crippen molar-refractivity contribution >= 4 is 39.9 Å². The second kappa shape index (κ2) is 9.75. The number of carbonyl (C=O) groups excluding carboxylic acids is 3. The van der Waals surface area contributed by atoms with Crippen LogP contribution < -0.4 is 5.32 Å². The third-order valence-corrected chi connectivity index (χ3v) is 5.54. The summed E-state index contributed by atoms with van der Waals surface area (Å²) in [6.07, 6.45) is 2.03. The van der Waals surface area contributed by atoms with E-state index in [0.29, 0.717) is 37.4 Å². The minimum atomic E-state index is -0.655. The normalized spacial score (nSPS) is 13.1. The van der Waals surface area contributed by atoms with E-state index in [2.05, 4.69) is 10.3 Å². The number of nitro groups is 1. The van der Waals surface area contributed by atoms with Crippen LogP contribution in [0, 0.1) is 10.1 Å². The van der Waals surface area contributed by atoms with E-state index in [1.54, 1.807) is 0 Å². The van der Waals surface area contributed by atoms with E-state index in [9.17, 15) is 24.5 Å². The first-order chi connectivity index (χ1) is 14.8. The number of fused-ring (bicyclic) bond motifs is 1. The molecule has 31 heavy (non-hydrogen) atoms. The quantitative estimate of drug-likeness (QED) is 0.258. The van der Waals surface area contributed by atoms with Crippen LogP contribution in [-0.2, 0) is 11.3 Å². The molecule has 164 valence electrons. The number of benzene rings is 1. The van der Waals surface area contributed by atoms with Crippen LogP contribution in [0.5, 0.6) is 0 Å². The van der Waals surface area contributed by atoms with Gasteiger partial charge in [0.05, 0.1) is 16.2 Å². The van der Waals surface area contributed by atoms with Gasteiger partial charge in [-0.25, -0.2) is 4.98 Å². The summed E-state index contributed by atoms with van der Waals surface area (Å²) in [6.45, 7) is 0.860. The van der Waals surface area contributed by atoms with E-state index in [4.69, 9.17) is 0 Å². The molecule has 0 spiro atoms. The second-order valence-electron chi connectivity index (χ2n) is 7.46. The first kappa shape index (κ1) is 22.5. The maximum atomic E-state index is 12.5. The molecule has 1 aromatic heterocycles. The summed E-state index contributed by atoms with van der Waals surface area (Å²) < 4.78 is 0. The summed E-state index contributed by atoms with van der Waals surface area (Å²) >= 11 is 1.38. The molecule has 2 heterocycles. The molecule has 0 radical (unpaired) electrons. The van der Waals surface area contributed by atoms with Crippen molar-refractivity contribution in [3.63, 3.8) is 0 Å². The lowest BCUT2D eigenvalue weighted by atomic mass is 10.1. The summed E-state index contributed by atoms with van der Waals surface area (Å²) in [5.74, 6) is -1.29. The monoisotopic (exact) mass is 445 g/mol. The molecule has 0 bridgehead atoms. The van der Waals surface area contributed by atoms with Gasteiger partial charge in [-0.05, 0) is 33.0 Å². The average Bonchev–Trinajstić information content (AvgIpc) is 3.24. The van der Waals surface area contributed by atoms with Crippen LogP contribution in [0.25, 0.3) is 0 Å². The Hall–Kier alpha value is -3.18. The molecule has 2 aromatic rings. The van der Waals surface area contributed by atoms with Crippen molar-refractivity contribution < 1.29 is 19.3 Å². The lowest BCUT2D eigenvalue weighted by Gasteiger charge is -2.13. The number of nitrogens with one attached hydrogen (secondary N) is 1. The number of hydrogen-bond acceptors (Lipinski definition) is 8. The fourth-order valence-electron chi connectivity index (χ4n) is 3.35. The van der Waals surface area contributed by atoms with Gasteiger partial charge in [0.1, 0.15) is 5.56 Å².